The average Bonchev–Trinajstić information content (AvgIpc) is 2.87. The molecule has 0 bridgehead atoms. The first kappa shape index (κ1) is 16.3. The van der Waals surface area contributed by atoms with Crippen LogP contribution in [0.2, 0.25) is 0 Å². The number of benzene rings is 1. The van der Waals surface area contributed by atoms with E-state index < -0.39 is 0 Å². The van der Waals surface area contributed by atoms with E-state index in [2.05, 4.69) is 27.4 Å². The lowest BCUT2D eigenvalue weighted by Crippen LogP contribution is -2.41. The lowest BCUT2D eigenvalue weighted by Gasteiger charge is -2.36. The highest BCUT2D eigenvalue weighted by molar-refractivity contribution is 5.94. The Balaban J connectivity index is 1.40. The summed E-state index contributed by atoms with van der Waals surface area (Å²) >= 11 is 0. The summed E-state index contributed by atoms with van der Waals surface area (Å²) < 4.78 is 1.75. The van der Waals surface area contributed by atoms with Crippen molar-refractivity contribution < 1.29 is 4.79 Å². The molecule has 5 nitrogen and oxygen atoms in total. The first-order valence-corrected chi connectivity index (χ1v) is 9.30. The Morgan fingerprint density at radius 1 is 1.24 bits per heavy atom. The van der Waals surface area contributed by atoms with Gasteiger partial charge in [-0.2, -0.15) is 5.10 Å². The molecule has 1 amide bonds. The molecular formula is C20H26N4O. The molecule has 2 aliphatic rings. The highest BCUT2D eigenvalue weighted by Crippen LogP contribution is 2.27. The molecule has 0 unspecified atom stereocenters. The van der Waals surface area contributed by atoms with Gasteiger partial charge in [0.1, 0.15) is 0 Å². The first-order valence-electron chi connectivity index (χ1n) is 9.30. The van der Waals surface area contributed by atoms with Gasteiger partial charge in [0.15, 0.2) is 0 Å². The summed E-state index contributed by atoms with van der Waals surface area (Å²) in [4.78, 5) is 15.1. The van der Waals surface area contributed by atoms with Crippen molar-refractivity contribution in [2.45, 2.75) is 44.7 Å². The molecule has 2 aromatic rings. The van der Waals surface area contributed by atoms with Gasteiger partial charge in [-0.1, -0.05) is 12.5 Å². The van der Waals surface area contributed by atoms with Gasteiger partial charge in [-0.05, 0) is 48.9 Å². The zero-order chi connectivity index (χ0) is 17.2. The highest BCUT2D eigenvalue weighted by Gasteiger charge is 2.26. The summed E-state index contributed by atoms with van der Waals surface area (Å²) in [5, 5.41) is 7.12. The van der Waals surface area contributed by atoms with E-state index in [4.69, 9.17) is 0 Å². The van der Waals surface area contributed by atoms with Gasteiger partial charge in [0.05, 0.1) is 6.20 Å². The fraction of sp³-hybridized carbons (Fsp3) is 0.500. The van der Waals surface area contributed by atoms with Gasteiger partial charge in [0.2, 0.25) is 0 Å². The maximum absolute atomic E-state index is 12.5. The number of nitrogens with zero attached hydrogens (tertiary/aromatic N) is 3. The van der Waals surface area contributed by atoms with E-state index in [1.54, 1.807) is 10.9 Å². The summed E-state index contributed by atoms with van der Waals surface area (Å²) in [7, 11) is 1.88. The zero-order valence-corrected chi connectivity index (χ0v) is 14.9. The van der Waals surface area contributed by atoms with E-state index in [1.807, 2.05) is 19.3 Å². The van der Waals surface area contributed by atoms with Gasteiger partial charge in [-0.25, -0.2) is 0 Å². The van der Waals surface area contributed by atoms with Crippen LogP contribution in [0.25, 0.3) is 0 Å². The summed E-state index contributed by atoms with van der Waals surface area (Å²) in [5.41, 5.74) is 4.53. The van der Waals surface area contributed by atoms with Crippen molar-refractivity contribution in [3.8, 4) is 0 Å². The van der Waals surface area contributed by atoms with Crippen LogP contribution in [-0.2, 0) is 26.4 Å². The second kappa shape index (κ2) is 7.00. The van der Waals surface area contributed by atoms with E-state index >= 15 is 0 Å². The Bertz CT molecular complexity index is 763. The molecule has 0 atom stereocenters. The van der Waals surface area contributed by atoms with Crippen molar-refractivity contribution in [3.63, 3.8) is 0 Å². The minimum Gasteiger partial charge on any atom is -0.348 e. The molecule has 1 aromatic heterocycles. The average molecular weight is 338 g/mol. The van der Waals surface area contributed by atoms with E-state index in [0.717, 1.165) is 43.1 Å². The molecule has 0 saturated heterocycles. The molecule has 0 radical (unpaired) electrons. The van der Waals surface area contributed by atoms with Crippen LogP contribution in [0.15, 0.2) is 30.6 Å². The number of fused-ring (bicyclic) bond motifs is 1. The summed E-state index contributed by atoms with van der Waals surface area (Å²) in [6, 6.07) is 7.02. The monoisotopic (exact) mass is 338 g/mol. The Hall–Kier alpha value is -2.14. The van der Waals surface area contributed by atoms with Gasteiger partial charge in [-0.15, -0.1) is 0 Å². The highest BCUT2D eigenvalue weighted by atomic mass is 16.1. The Kier molecular flexibility index (Phi) is 4.57. The van der Waals surface area contributed by atoms with Crippen molar-refractivity contribution in [2.75, 3.05) is 13.1 Å². The number of nitrogens with one attached hydrogen (secondary N) is 1. The second-order valence-corrected chi connectivity index (χ2v) is 7.31. The molecular weight excluding hydrogens is 312 g/mol. The molecule has 25 heavy (non-hydrogen) atoms. The number of rotatable bonds is 4. The predicted molar refractivity (Wildman–Crippen MR) is 97.4 cm³/mol. The minimum absolute atomic E-state index is 0.00764. The maximum Gasteiger partial charge on any atom is 0.251 e. The van der Waals surface area contributed by atoms with Crippen LogP contribution >= 0.6 is 0 Å². The second-order valence-electron chi connectivity index (χ2n) is 7.31. The van der Waals surface area contributed by atoms with Gasteiger partial charge < -0.3 is 5.32 Å². The van der Waals surface area contributed by atoms with Crippen molar-refractivity contribution in [3.05, 3.63) is 52.8 Å². The van der Waals surface area contributed by atoms with Crippen molar-refractivity contribution in [2.24, 2.45) is 7.05 Å². The molecule has 1 aliphatic carbocycles. The molecule has 4 rings (SSSR count). The number of carbonyl (C=O) groups excluding carboxylic acids is 1. The fourth-order valence-electron chi connectivity index (χ4n) is 3.85. The normalized spacial score (nSPS) is 18.3. The van der Waals surface area contributed by atoms with Gasteiger partial charge in [0, 0.05) is 50.0 Å². The van der Waals surface area contributed by atoms with E-state index in [9.17, 15) is 4.79 Å². The number of hydrogen-bond donors (Lipinski definition) is 1. The number of aryl methyl sites for hydroxylation is 1. The van der Waals surface area contributed by atoms with Crippen LogP contribution in [0.4, 0.5) is 0 Å². The van der Waals surface area contributed by atoms with Crippen molar-refractivity contribution in [1.29, 1.82) is 0 Å². The van der Waals surface area contributed by atoms with E-state index in [1.165, 1.54) is 30.4 Å². The summed E-state index contributed by atoms with van der Waals surface area (Å²) in [6.45, 7) is 2.79. The molecule has 1 aliphatic heterocycles. The van der Waals surface area contributed by atoms with Crippen LogP contribution in [-0.4, -0.2) is 39.7 Å². The van der Waals surface area contributed by atoms with Crippen LogP contribution in [0.1, 0.15) is 46.3 Å². The molecule has 1 saturated carbocycles. The number of carbonyl (C=O) groups is 1. The molecule has 5 heteroatoms. The Labute approximate surface area is 149 Å². The largest absolute Gasteiger partial charge is 0.348 e. The summed E-state index contributed by atoms with van der Waals surface area (Å²) in [5.74, 6) is -0.00764. The molecule has 2 heterocycles. The molecule has 132 valence electrons. The maximum atomic E-state index is 12.5. The van der Waals surface area contributed by atoms with Crippen LogP contribution in [0, 0.1) is 0 Å². The standard InChI is InChI=1S/C20H26N4O/c1-23-14-15(13-22-23)12-21-20(25)18-6-5-16-7-9-24(19-3-2-4-19)10-8-17(16)11-18/h5-6,11,13-14,19H,2-4,7-10,12H2,1H3,(H,21,25). The molecule has 1 N–H and O–H groups in total. The van der Waals surface area contributed by atoms with Gasteiger partial charge in [0.25, 0.3) is 5.91 Å². The Morgan fingerprint density at radius 2 is 2.04 bits per heavy atom. The lowest BCUT2D eigenvalue weighted by molar-refractivity contribution is 0.0950. The zero-order valence-electron chi connectivity index (χ0n) is 14.9. The number of aromatic nitrogens is 2. The lowest BCUT2D eigenvalue weighted by atomic mass is 9.91. The van der Waals surface area contributed by atoms with Crippen molar-refractivity contribution in [1.82, 2.24) is 20.0 Å². The topological polar surface area (TPSA) is 50.2 Å². The van der Waals surface area contributed by atoms with Gasteiger partial charge >= 0.3 is 0 Å². The quantitative estimate of drug-likeness (QED) is 0.931. The smallest absolute Gasteiger partial charge is 0.251 e. The van der Waals surface area contributed by atoms with Crippen molar-refractivity contribution >= 4 is 5.91 Å². The van der Waals surface area contributed by atoms with E-state index in [-0.39, 0.29) is 5.91 Å². The third-order valence-corrected chi connectivity index (χ3v) is 5.61. The molecule has 0 spiro atoms. The fourth-order valence-corrected chi connectivity index (χ4v) is 3.85. The van der Waals surface area contributed by atoms with Gasteiger partial charge in [-0.3, -0.25) is 14.4 Å². The number of amides is 1. The summed E-state index contributed by atoms with van der Waals surface area (Å²) in [6.07, 6.45) is 9.96. The first-order chi connectivity index (χ1) is 12.2. The third kappa shape index (κ3) is 3.61. The number of hydrogen-bond acceptors (Lipinski definition) is 3. The minimum atomic E-state index is -0.00764. The molecule has 1 fully saturated rings. The Morgan fingerprint density at radius 3 is 2.72 bits per heavy atom. The third-order valence-electron chi connectivity index (χ3n) is 5.61. The van der Waals surface area contributed by atoms with Crippen LogP contribution < -0.4 is 5.32 Å². The predicted octanol–water partition coefficient (Wildman–Crippen LogP) is 2.30. The van der Waals surface area contributed by atoms with E-state index in [0.29, 0.717) is 6.54 Å². The molecule has 1 aromatic carbocycles. The SMILES string of the molecule is Cn1cc(CNC(=O)c2ccc3c(c2)CCN(C2CCC2)CC3)cn1. The van der Waals surface area contributed by atoms with Crippen LogP contribution in [0.3, 0.4) is 0 Å². The van der Waals surface area contributed by atoms with Crippen LogP contribution in [0.5, 0.6) is 0 Å².